The molecule has 0 bridgehead atoms. The third kappa shape index (κ3) is 5.12. The number of hydrogen-bond donors (Lipinski definition) is 1. The highest BCUT2D eigenvalue weighted by atomic mass is 32.2. The van der Waals surface area contributed by atoms with Gasteiger partial charge in [-0.1, -0.05) is 23.9 Å². The predicted octanol–water partition coefficient (Wildman–Crippen LogP) is 4.63. The summed E-state index contributed by atoms with van der Waals surface area (Å²) in [6.45, 7) is 6.58. The van der Waals surface area contributed by atoms with Crippen molar-refractivity contribution in [1.29, 1.82) is 0 Å². The SMILES string of the molecule is CCOc1ccc(NC(=O)CSc2nccn2-c2cc(C)ccc2C)cc1OC. The Kier molecular flexibility index (Phi) is 6.82. The van der Waals surface area contributed by atoms with Crippen LogP contribution in [0.2, 0.25) is 0 Å². The molecule has 0 aliphatic rings. The molecule has 29 heavy (non-hydrogen) atoms. The number of amides is 1. The van der Waals surface area contributed by atoms with Crippen molar-refractivity contribution in [3.63, 3.8) is 0 Å². The molecule has 0 aliphatic heterocycles. The minimum absolute atomic E-state index is 0.114. The Labute approximate surface area is 175 Å². The number of carbonyl (C=O) groups excluding carboxylic acids is 1. The first-order valence-corrected chi connectivity index (χ1v) is 10.3. The maximum absolute atomic E-state index is 12.4. The van der Waals surface area contributed by atoms with E-state index in [1.54, 1.807) is 31.5 Å². The quantitative estimate of drug-likeness (QED) is 0.548. The van der Waals surface area contributed by atoms with E-state index in [1.807, 2.05) is 17.7 Å². The number of anilines is 1. The molecule has 0 fully saturated rings. The van der Waals surface area contributed by atoms with E-state index in [4.69, 9.17) is 9.47 Å². The molecule has 0 atom stereocenters. The van der Waals surface area contributed by atoms with Gasteiger partial charge in [-0.25, -0.2) is 4.98 Å². The fourth-order valence-electron chi connectivity index (χ4n) is 2.91. The fourth-order valence-corrected chi connectivity index (χ4v) is 3.67. The zero-order chi connectivity index (χ0) is 20.8. The number of methoxy groups -OCH3 is 1. The summed E-state index contributed by atoms with van der Waals surface area (Å²) in [6, 6.07) is 11.6. The smallest absolute Gasteiger partial charge is 0.234 e. The maximum Gasteiger partial charge on any atom is 0.234 e. The van der Waals surface area contributed by atoms with Gasteiger partial charge in [0.15, 0.2) is 16.7 Å². The Balaban J connectivity index is 1.67. The van der Waals surface area contributed by atoms with Crippen LogP contribution in [-0.2, 0) is 4.79 Å². The van der Waals surface area contributed by atoms with Crippen molar-refractivity contribution in [3.8, 4) is 17.2 Å². The largest absolute Gasteiger partial charge is 0.493 e. The van der Waals surface area contributed by atoms with Gasteiger partial charge in [-0.3, -0.25) is 9.36 Å². The van der Waals surface area contributed by atoms with Crippen LogP contribution in [-0.4, -0.2) is 34.9 Å². The number of thioether (sulfide) groups is 1. The van der Waals surface area contributed by atoms with E-state index in [2.05, 4.69) is 42.3 Å². The lowest BCUT2D eigenvalue weighted by atomic mass is 10.1. The summed E-state index contributed by atoms with van der Waals surface area (Å²) < 4.78 is 12.8. The van der Waals surface area contributed by atoms with Crippen LogP contribution in [0.4, 0.5) is 5.69 Å². The molecule has 6 nitrogen and oxygen atoms in total. The van der Waals surface area contributed by atoms with Crippen molar-refractivity contribution < 1.29 is 14.3 Å². The second kappa shape index (κ2) is 9.52. The lowest BCUT2D eigenvalue weighted by Gasteiger charge is -2.12. The highest BCUT2D eigenvalue weighted by molar-refractivity contribution is 7.99. The van der Waals surface area contributed by atoms with Crippen LogP contribution < -0.4 is 14.8 Å². The second-order valence-corrected chi connectivity index (χ2v) is 7.45. The van der Waals surface area contributed by atoms with E-state index in [1.165, 1.54) is 17.3 Å². The normalized spacial score (nSPS) is 10.6. The van der Waals surface area contributed by atoms with Crippen LogP contribution in [0.25, 0.3) is 5.69 Å². The van der Waals surface area contributed by atoms with Gasteiger partial charge in [-0.05, 0) is 50.1 Å². The lowest BCUT2D eigenvalue weighted by Crippen LogP contribution is -2.14. The van der Waals surface area contributed by atoms with Gasteiger partial charge in [0.1, 0.15) is 0 Å². The van der Waals surface area contributed by atoms with Gasteiger partial charge in [-0.15, -0.1) is 0 Å². The summed E-state index contributed by atoms with van der Waals surface area (Å²) in [5.41, 5.74) is 4.06. The molecule has 3 rings (SSSR count). The third-order valence-electron chi connectivity index (χ3n) is 4.31. The van der Waals surface area contributed by atoms with Crippen LogP contribution in [0.5, 0.6) is 11.5 Å². The van der Waals surface area contributed by atoms with Crippen LogP contribution in [0.3, 0.4) is 0 Å². The predicted molar refractivity (Wildman–Crippen MR) is 117 cm³/mol. The molecular formula is C22H25N3O3S. The molecule has 0 saturated heterocycles. The first-order valence-electron chi connectivity index (χ1n) is 9.36. The lowest BCUT2D eigenvalue weighted by molar-refractivity contribution is -0.113. The molecule has 0 unspecified atom stereocenters. The highest BCUT2D eigenvalue weighted by Gasteiger charge is 2.12. The van der Waals surface area contributed by atoms with Crippen LogP contribution >= 0.6 is 11.8 Å². The van der Waals surface area contributed by atoms with Gasteiger partial charge in [-0.2, -0.15) is 0 Å². The van der Waals surface area contributed by atoms with Crippen molar-refractivity contribution in [2.45, 2.75) is 25.9 Å². The molecule has 152 valence electrons. The molecule has 1 N–H and O–H groups in total. The Morgan fingerprint density at radius 2 is 2.00 bits per heavy atom. The number of ether oxygens (including phenoxy) is 2. The molecule has 3 aromatic rings. The highest BCUT2D eigenvalue weighted by Crippen LogP contribution is 2.30. The standard InChI is InChI=1S/C22H25N3O3S/c1-5-28-19-9-8-17(13-20(19)27-4)24-21(26)14-29-22-23-10-11-25(22)18-12-15(2)6-7-16(18)3/h6-13H,5,14H2,1-4H3,(H,24,26). The number of benzene rings is 2. The summed E-state index contributed by atoms with van der Waals surface area (Å²) in [6.07, 6.45) is 3.67. The van der Waals surface area contributed by atoms with Gasteiger partial charge < -0.3 is 14.8 Å². The first-order chi connectivity index (χ1) is 14.0. The number of aryl methyl sites for hydroxylation is 2. The van der Waals surface area contributed by atoms with E-state index in [0.29, 0.717) is 23.8 Å². The van der Waals surface area contributed by atoms with Gasteiger partial charge in [0, 0.05) is 24.1 Å². The molecule has 0 radical (unpaired) electrons. The van der Waals surface area contributed by atoms with Crippen molar-refractivity contribution in [3.05, 3.63) is 59.9 Å². The summed E-state index contributed by atoms with van der Waals surface area (Å²) in [5.74, 6) is 1.37. The minimum Gasteiger partial charge on any atom is -0.493 e. The molecule has 1 amide bonds. The van der Waals surface area contributed by atoms with Gasteiger partial charge >= 0.3 is 0 Å². The Morgan fingerprint density at radius 3 is 2.76 bits per heavy atom. The minimum atomic E-state index is -0.114. The number of aromatic nitrogens is 2. The number of imidazole rings is 1. The van der Waals surface area contributed by atoms with Gasteiger partial charge in [0.25, 0.3) is 0 Å². The average molecular weight is 412 g/mol. The summed E-state index contributed by atoms with van der Waals surface area (Å²) >= 11 is 1.40. The van der Waals surface area contributed by atoms with Crippen molar-refractivity contribution >= 4 is 23.4 Å². The summed E-state index contributed by atoms with van der Waals surface area (Å²) in [5, 5.41) is 3.67. The third-order valence-corrected chi connectivity index (χ3v) is 5.28. The Bertz CT molecular complexity index is 1000. The average Bonchev–Trinajstić information content (AvgIpc) is 3.18. The number of rotatable bonds is 8. The zero-order valence-corrected chi connectivity index (χ0v) is 17.9. The van der Waals surface area contributed by atoms with Crippen LogP contribution in [0, 0.1) is 13.8 Å². The molecule has 1 aromatic heterocycles. The van der Waals surface area contributed by atoms with Gasteiger partial charge in [0.05, 0.1) is 25.2 Å². The van der Waals surface area contributed by atoms with E-state index in [-0.39, 0.29) is 11.7 Å². The van der Waals surface area contributed by atoms with E-state index < -0.39 is 0 Å². The number of nitrogens with one attached hydrogen (secondary N) is 1. The maximum atomic E-state index is 12.4. The molecule has 0 aliphatic carbocycles. The van der Waals surface area contributed by atoms with Crippen LogP contribution in [0.15, 0.2) is 53.9 Å². The van der Waals surface area contributed by atoms with Crippen LogP contribution in [0.1, 0.15) is 18.1 Å². The molecule has 0 saturated carbocycles. The van der Waals surface area contributed by atoms with Crippen molar-refractivity contribution in [2.24, 2.45) is 0 Å². The Hall–Kier alpha value is -2.93. The molecule has 7 heteroatoms. The van der Waals surface area contributed by atoms with Crippen molar-refractivity contribution in [2.75, 3.05) is 24.8 Å². The monoisotopic (exact) mass is 411 g/mol. The molecule has 2 aromatic carbocycles. The number of carbonyl (C=O) groups is 1. The molecule has 0 spiro atoms. The number of hydrogen-bond acceptors (Lipinski definition) is 5. The Morgan fingerprint density at radius 1 is 1.17 bits per heavy atom. The van der Waals surface area contributed by atoms with E-state index in [0.717, 1.165) is 16.4 Å². The summed E-state index contributed by atoms with van der Waals surface area (Å²) in [4.78, 5) is 16.9. The summed E-state index contributed by atoms with van der Waals surface area (Å²) in [7, 11) is 1.58. The second-order valence-electron chi connectivity index (χ2n) is 6.51. The molecular weight excluding hydrogens is 386 g/mol. The van der Waals surface area contributed by atoms with E-state index in [9.17, 15) is 4.79 Å². The first kappa shape index (κ1) is 20.8. The van der Waals surface area contributed by atoms with Gasteiger partial charge in [0.2, 0.25) is 5.91 Å². The molecule has 1 heterocycles. The topological polar surface area (TPSA) is 65.4 Å². The zero-order valence-electron chi connectivity index (χ0n) is 17.1. The fraction of sp³-hybridized carbons (Fsp3) is 0.273. The van der Waals surface area contributed by atoms with Crippen molar-refractivity contribution in [1.82, 2.24) is 9.55 Å². The van der Waals surface area contributed by atoms with E-state index >= 15 is 0 Å². The number of nitrogens with zero attached hydrogens (tertiary/aromatic N) is 2.